The summed E-state index contributed by atoms with van der Waals surface area (Å²) >= 11 is 0. The minimum atomic E-state index is 0.346. The molecule has 0 bridgehead atoms. The Morgan fingerprint density at radius 3 is 2.52 bits per heavy atom. The van der Waals surface area contributed by atoms with Crippen molar-refractivity contribution in [1.29, 1.82) is 0 Å². The Morgan fingerprint density at radius 1 is 0.931 bits per heavy atom. The Balaban J connectivity index is 1.34. The van der Waals surface area contributed by atoms with E-state index in [4.69, 9.17) is 9.26 Å². The quantitative estimate of drug-likeness (QED) is 0.529. The zero-order valence-corrected chi connectivity index (χ0v) is 15.9. The van der Waals surface area contributed by atoms with Gasteiger partial charge in [0.15, 0.2) is 11.5 Å². The molecule has 0 saturated carbocycles. The van der Waals surface area contributed by atoms with Crippen LogP contribution in [0.3, 0.4) is 0 Å². The van der Waals surface area contributed by atoms with E-state index < -0.39 is 0 Å². The topological polar surface area (TPSA) is 77.2 Å². The second-order valence-electron chi connectivity index (χ2n) is 6.87. The molecule has 7 heteroatoms. The first-order valence-electron chi connectivity index (χ1n) is 9.44. The van der Waals surface area contributed by atoms with Crippen molar-refractivity contribution in [2.75, 3.05) is 18.6 Å². The summed E-state index contributed by atoms with van der Waals surface area (Å²) in [5, 5.41) is 12.7. The number of hydrogen-bond acceptors (Lipinski definition) is 7. The van der Waals surface area contributed by atoms with Crippen LogP contribution in [0.15, 0.2) is 65.2 Å². The lowest BCUT2D eigenvalue weighted by Crippen LogP contribution is -2.31. The molecule has 0 N–H and O–H groups in total. The van der Waals surface area contributed by atoms with Crippen molar-refractivity contribution in [1.82, 2.24) is 20.3 Å². The molecule has 4 aromatic rings. The summed E-state index contributed by atoms with van der Waals surface area (Å²) in [5.74, 6) is 2.47. The van der Waals surface area contributed by atoms with E-state index in [1.54, 1.807) is 7.11 Å². The summed E-state index contributed by atoms with van der Waals surface area (Å²) in [6, 6.07) is 19.8. The van der Waals surface area contributed by atoms with Gasteiger partial charge in [-0.2, -0.15) is 4.98 Å². The largest absolute Gasteiger partial charge is 0.497 e. The highest BCUT2D eigenvalue weighted by atomic mass is 16.5. The van der Waals surface area contributed by atoms with Crippen LogP contribution < -0.4 is 9.64 Å². The minimum Gasteiger partial charge on any atom is -0.497 e. The molecule has 29 heavy (non-hydrogen) atoms. The molecule has 0 aliphatic carbocycles. The molecule has 0 spiro atoms. The van der Waals surface area contributed by atoms with Crippen molar-refractivity contribution >= 4 is 5.82 Å². The summed E-state index contributed by atoms with van der Waals surface area (Å²) in [5.41, 5.74) is 4.15. The maximum Gasteiger partial charge on any atom is 0.278 e. The Labute approximate surface area is 168 Å². The fraction of sp³-hybridized carbons (Fsp3) is 0.182. The van der Waals surface area contributed by atoms with Crippen LogP contribution in [0.1, 0.15) is 11.1 Å². The average molecular weight is 385 g/mol. The van der Waals surface area contributed by atoms with Crippen LogP contribution in [-0.4, -0.2) is 34.0 Å². The fourth-order valence-electron chi connectivity index (χ4n) is 3.48. The van der Waals surface area contributed by atoms with Crippen LogP contribution in [0.25, 0.3) is 23.0 Å². The van der Waals surface area contributed by atoms with Crippen molar-refractivity contribution < 1.29 is 9.26 Å². The van der Waals surface area contributed by atoms with Gasteiger partial charge < -0.3 is 14.2 Å². The van der Waals surface area contributed by atoms with Crippen LogP contribution in [0.5, 0.6) is 5.75 Å². The highest BCUT2D eigenvalue weighted by molar-refractivity contribution is 5.59. The zero-order chi connectivity index (χ0) is 19.6. The van der Waals surface area contributed by atoms with Gasteiger partial charge in [-0.3, -0.25) is 0 Å². The molecule has 0 unspecified atom stereocenters. The highest BCUT2D eigenvalue weighted by Crippen LogP contribution is 2.25. The predicted octanol–water partition coefficient (Wildman–Crippen LogP) is 3.76. The van der Waals surface area contributed by atoms with Gasteiger partial charge in [-0.15, -0.1) is 10.2 Å². The van der Waals surface area contributed by atoms with E-state index in [0.717, 1.165) is 36.6 Å². The molecule has 0 radical (unpaired) electrons. The van der Waals surface area contributed by atoms with E-state index in [1.807, 2.05) is 36.4 Å². The Hall–Kier alpha value is -3.74. The van der Waals surface area contributed by atoms with E-state index in [0.29, 0.717) is 17.4 Å². The number of ether oxygens (including phenoxy) is 1. The molecule has 2 aromatic heterocycles. The van der Waals surface area contributed by atoms with Gasteiger partial charge in [0.05, 0.1) is 7.11 Å². The first kappa shape index (κ1) is 17.4. The van der Waals surface area contributed by atoms with E-state index in [9.17, 15) is 0 Å². The van der Waals surface area contributed by atoms with E-state index in [-0.39, 0.29) is 0 Å². The van der Waals surface area contributed by atoms with Gasteiger partial charge in [0, 0.05) is 18.7 Å². The molecule has 0 amide bonds. The lowest BCUT2D eigenvalue weighted by Gasteiger charge is -2.29. The molecule has 0 atom stereocenters. The van der Waals surface area contributed by atoms with Crippen LogP contribution in [0, 0.1) is 0 Å². The molecule has 5 rings (SSSR count). The Kier molecular flexibility index (Phi) is 4.40. The van der Waals surface area contributed by atoms with Crippen LogP contribution in [0.4, 0.5) is 5.82 Å². The molecule has 1 aliphatic rings. The average Bonchev–Trinajstić information content (AvgIpc) is 3.29. The smallest absolute Gasteiger partial charge is 0.278 e. The maximum atomic E-state index is 5.39. The predicted molar refractivity (Wildman–Crippen MR) is 109 cm³/mol. The van der Waals surface area contributed by atoms with Crippen LogP contribution in [0.2, 0.25) is 0 Å². The molecule has 3 heterocycles. The van der Waals surface area contributed by atoms with Gasteiger partial charge in [0.1, 0.15) is 5.75 Å². The monoisotopic (exact) mass is 385 g/mol. The van der Waals surface area contributed by atoms with Crippen molar-refractivity contribution in [3.63, 3.8) is 0 Å². The van der Waals surface area contributed by atoms with Crippen LogP contribution >= 0.6 is 0 Å². The van der Waals surface area contributed by atoms with Crippen molar-refractivity contribution in [2.45, 2.75) is 13.0 Å². The Bertz CT molecular complexity index is 1120. The molecule has 7 nitrogen and oxygen atoms in total. The second-order valence-corrected chi connectivity index (χ2v) is 6.87. The maximum absolute atomic E-state index is 5.39. The van der Waals surface area contributed by atoms with Gasteiger partial charge in [-0.1, -0.05) is 29.4 Å². The third-order valence-electron chi connectivity index (χ3n) is 5.10. The van der Waals surface area contributed by atoms with E-state index in [2.05, 4.69) is 49.5 Å². The number of rotatable bonds is 4. The third-order valence-corrected chi connectivity index (χ3v) is 5.10. The van der Waals surface area contributed by atoms with Crippen molar-refractivity contribution in [3.8, 4) is 28.7 Å². The number of aromatic nitrogens is 4. The van der Waals surface area contributed by atoms with Crippen molar-refractivity contribution in [3.05, 3.63) is 71.8 Å². The van der Waals surface area contributed by atoms with Gasteiger partial charge in [0.2, 0.25) is 5.82 Å². The second kappa shape index (κ2) is 7.35. The lowest BCUT2D eigenvalue weighted by molar-refractivity contribution is 0.414. The fourth-order valence-corrected chi connectivity index (χ4v) is 3.48. The molecular formula is C22H19N5O2. The number of hydrogen-bond donors (Lipinski definition) is 0. The third kappa shape index (κ3) is 3.42. The molecule has 0 saturated heterocycles. The van der Waals surface area contributed by atoms with E-state index in [1.165, 1.54) is 11.1 Å². The number of fused-ring (bicyclic) bond motifs is 1. The van der Waals surface area contributed by atoms with Crippen LogP contribution in [-0.2, 0) is 13.0 Å². The molecule has 0 fully saturated rings. The first-order chi connectivity index (χ1) is 14.3. The number of benzene rings is 2. The van der Waals surface area contributed by atoms with Gasteiger partial charge in [-0.05, 0) is 53.9 Å². The summed E-state index contributed by atoms with van der Waals surface area (Å²) in [4.78, 5) is 6.68. The summed E-state index contributed by atoms with van der Waals surface area (Å²) in [6.45, 7) is 1.76. The first-order valence-corrected chi connectivity index (χ1v) is 9.44. The summed E-state index contributed by atoms with van der Waals surface area (Å²) in [6.07, 6.45) is 1.01. The zero-order valence-electron chi connectivity index (χ0n) is 15.9. The number of nitrogens with zero attached hydrogens (tertiary/aromatic N) is 5. The van der Waals surface area contributed by atoms with Crippen molar-refractivity contribution in [2.24, 2.45) is 0 Å². The van der Waals surface area contributed by atoms with Gasteiger partial charge in [-0.25, -0.2) is 0 Å². The SMILES string of the molecule is COc1ccc(-c2noc(-c3ccc(N4CCc5ccccc5C4)nn3)n2)cc1. The molecule has 1 aliphatic heterocycles. The van der Waals surface area contributed by atoms with Gasteiger partial charge in [0.25, 0.3) is 5.89 Å². The number of methoxy groups -OCH3 is 1. The molecular weight excluding hydrogens is 366 g/mol. The molecule has 2 aromatic carbocycles. The minimum absolute atomic E-state index is 0.346. The lowest BCUT2D eigenvalue weighted by atomic mass is 10.00. The summed E-state index contributed by atoms with van der Waals surface area (Å²) < 4.78 is 10.6. The van der Waals surface area contributed by atoms with Gasteiger partial charge >= 0.3 is 0 Å². The molecule has 144 valence electrons. The summed E-state index contributed by atoms with van der Waals surface area (Å²) in [7, 11) is 1.63. The highest BCUT2D eigenvalue weighted by Gasteiger charge is 2.18. The standard InChI is InChI=1S/C22H19N5O2/c1-28-18-8-6-16(7-9-18)21-23-22(29-26-21)19-10-11-20(25-24-19)27-13-12-15-4-2-3-5-17(15)14-27/h2-11H,12-14H2,1H3. The van der Waals surface area contributed by atoms with E-state index >= 15 is 0 Å². The number of anilines is 1. The Morgan fingerprint density at radius 2 is 1.76 bits per heavy atom. The normalized spacial score (nSPS) is 13.2.